The highest BCUT2D eigenvalue weighted by atomic mass is 14.8. The molecule has 1 rings (SSSR count). The van der Waals surface area contributed by atoms with E-state index in [2.05, 4.69) is 18.3 Å². The molecule has 2 heteroatoms. The van der Waals surface area contributed by atoms with Gasteiger partial charge in [0.15, 0.2) is 0 Å². The van der Waals surface area contributed by atoms with Gasteiger partial charge in [0.25, 0.3) is 0 Å². The maximum absolute atomic E-state index is 8.95. The van der Waals surface area contributed by atoms with E-state index in [4.69, 9.17) is 5.26 Å². The second kappa shape index (κ2) is 4.15. The highest BCUT2D eigenvalue weighted by Gasteiger charge is 2.18. The summed E-state index contributed by atoms with van der Waals surface area (Å²) in [5, 5.41) is 12.2. The zero-order valence-electron chi connectivity index (χ0n) is 8.96. The van der Waals surface area contributed by atoms with Gasteiger partial charge in [-0.3, -0.25) is 0 Å². The number of hydrogen-bond acceptors (Lipinski definition) is 2. The monoisotopic (exact) mass is 188 g/mol. The molecule has 0 fully saturated rings. The number of anilines is 1. The molecule has 0 saturated carbocycles. The van der Waals surface area contributed by atoms with Gasteiger partial charge in [-0.2, -0.15) is 5.26 Å². The highest BCUT2D eigenvalue weighted by Crippen LogP contribution is 2.23. The molecule has 0 amide bonds. The number of nitrogens with one attached hydrogen (secondary N) is 1. The van der Waals surface area contributed by atoms with E-state index in [0.717, 1.165) is 17.8 Å². The van der Waals surface area contributed by atoms with E-state index in [9.17, 15) is 0 Å². The third kappa shape index (κ3) is 2.26. The van der Waals surface area contributed by atoms with E-state index in [0.29, 0.717) is 0 Å². The third-order valence-corrected chi connectivity index (χ3v) is 2.27. The summed E-state index contributed by atoms with van der Waals surface area (Å²) >= 11 is 0. The Morgan fingerprint density at radius 2 is 1.86 bits per heavy atom. The molecule has 0 spiro atoms. The number of rotatable bonds is 3. The first-order valence-electron chi connectivity index (χ1n) is 4.86. The van der Waals surface area contributed by atoms with Crippen molar-refractivity contribution in [2.24, 2.45) is 0 Å². The first-order valence-corrected chi connectivity index (χ1v) is 4.86. The van der Waals surface area contributed by atoms with Gasteiger partial charge < -0.3 is 5.32 Å². The van der Waals surface area contributed by atoms with Crippen molar-refractivity contribution in [1.82, 2.24) is 0 Å². The minimum Gasteiger partial charge on any atom is -0.385 e. The average Bonchev–Trinajstić information content (AvgIpc) is 2.19. The van der Waals surface area contributed by atoms with Crippen LogP contribution in [0.2, 0.25) is 0 Å². The molecule has 1 N–H and O–H groups in total. The van der Waals surface area contributed by atoms with Crippen LogP contribution in [0.3, 0.4) is 0 Å². The molecule has 2 nitrogen and oxygen atoms in total. The van der Waals surface area contributed by atoms with Crippen LogP contribution in [-0.2, 0) is 5.41 Å². The molecule has 0 heterocycles. The first-order chi connectivity index (χ1) is 6.60. The summed E-state index contributed by atoms with van der Waals surface area (Å²) in [5.41, 5.74) is 1.76. The minimum absolute atomic E-state index is 0.398. The van der Waals surface area contributed by atoms with Gasteiger partial charge in [-0.05, 0) is 38.5 Å². The molecule has 14 heavy (non-hydrogen) atoms. The van der Waals surface area contributed by atoms with Crippen LogP contribution < -0.4 is 5.32 Å². The second-order valence-electron chi connectivity index (χ2n) is 3.84. The van der Waals surface area contributed by atoms with E-state index in [1.807, 2.05) is 38.1 Å². The van der Waals surface area contributed by atoms with Gasteiger partial charge in [-0.25, -0.2) is 0 Å². The summed E-state index contributed by atoms with van der Waals surface area (Å²) in [5.74, 6) is 0. The fourth-order valence-electron chi connectivity index (χ4n) is 1.27. The molecule has 0 atom stereocenters. The van der Waals surface area contributed by atoms with Crippen LogP contribution in [0.25, 0.3) is 0 Å². The van der Waals surface area contributed by atoms with Crippen molar-refractivity contribution in [1.29, 1.82) is 5.26 Å². The van der Waals surface area contributed by atoms with E-state index in [1.54, 1.807) is 0 Å². The molecule has 0 unspecified atom stereocenters. The highest BCUT2D eigenvalue weighted by molar-refractivity contribution is 5.46. The Balaban J connectivity index is 2.90. The molecule has 0 aliphatic heterocycles. The van der Waals surface area contributed by atoms with Crippen LogP contribution in [0, 0.1) is 11.3 Å². The van der Waals surface area contributed by atoms with Crippen LogP contribution in [0.5, 0.6) is 0 Å². The Morgan fingerprint density at radius 1 is 1.29 bits per heavy atom. The lowest BCUT2D eigenvalue weighted by atomic mass is 9.86. The molecule has 0 saturated heterocycles. The van der Waals surface area contributed by atoms with Crippen molar-refractivity contribution in [2.45, 2.75) is 26.2 Å². The summed E-state index contributed by atoms with van der Waals surface area (Å²) in [4.78, 5) is 0. The average molecular weight is 188 g/mol. The summed E-state index contributed by atoms with van der Waals surface area (Å²) in [6.07, 6.45) is 0. The van der Waals surface area contributed by atoms with Gasteiger partial charge in [0, 0.05) is 12.2 Å². The Bertz CT molecular complexity index is 330. The normalized spacial score (nSPS) is 10.7. The maximum Gasteiger partial charge on any atom is 0.0766 e. The fourth-order valence-corrected chi connectivity index (χ4v) is 1.27. The van der Waals surface area contributed by atoms with Gasteiger partial charge >= 0.3 is 0 Å². The van der Waals surface area contributed by atoms with E-state index in [-0.39, 0.29) is 0 Å². The molecule has 74 valence electrons. The largest absolute Gasteiger partial charge is 0.385 e. The lowest BCUT2D eigenvalue weighted by Crippen LogP contribution is -2.13. The Labute approximate surface area is 85.6 Å². The molecular formula is C12H16N2. The van der Waals surface area contributed by atoms with E-state index < -0.39 is 5.41 Å². The Hall–Kier alpha value is -1.49. The quantitative estimate of drug-likeness (QED) is 0.791. The van der Waals surface area contributed by atoms with E-state index in [1.165, 1.54) is 0 Å². The van der Waals surface area contributed by atoms with Crippen molar-refractivity contribution >= 4 is 5.69 Å². The Kier molecular flexibility index (Phi) is 3.14. The molecule has 0 aromatic heterocycles. The van der Waals surface area contributed by atoms with Crippen molar-refractivity contribution in [3.63, 3.8) is 0 Å². The number of nitriles is 1. The second-order valence-corrected chi connectivity index (χ2v) is 3.84. The molecule has 0 aliphatic rings. The van der Waals surface area contributed by atoms with Crippen molar-refractivity contribution in [2.75, 3.05) is 11.9 Å². The topological polar surface area (TPSA) is 35.8 Å². The van der Waals surface area contributed by atoms with Crippen molar-refractivity contribution in [3.8, 4) is 6.07 Å². The first kappa shape index (κ1) is 10.6. The minimum atomic E-state index is -0.398. The zero-order chi connectivity index (χ0) is 10.6. The number of hydrogen-bond donors (Lipinski definition) is 1. The van der Waals surface area contributed by atoms with E-state index >= 15 is 0 Å². The molecule has 1 aromatic rings. The standard InChI is InChI=1S/C12H16N2/c1-4-14-11-7-5-10(6-8-11)12(2,3)9-13/h5-8,14H,4H2,1-3H3. The summed E-state index contributed by atoms with van der Waals surface area (Å²) < 4.78 is 0. The lowest BCUT2D eigenvalue weighted by molar-refractivity contribution is 0.687. The SMILES string of the molecule is CCNc1ccc(C(C)(C)C#N)cc1. The predicted octanol–water partition coefficient (Wildman–Crippen LogP) is 2.92. The third-order valence-electron chi connectivity index (χ3n) is 2.27. The van der Waals surface area contributed by atoms with Crippen LogP contribution in [-0.4, -0.2) is 6.54 Å². The van der Waals surface area contributed by atoms with Crippen LogP contribution >= 0.6 is 0 Å². The van der Waals surface area contributed by atoms with Crippen molar-refractivity contribution in [3.05, 3.63) is 29.8 Å². The maximum atomic E-state index is 8.95. The van der Waals surface area contributed by atoms with Crippen LogP contribution in [0.4, 0.5) is 5.69 Å². The number of nitrogens with zero attached hydrogens (tertiary/aromatic N) is 1. The molecular weight excluding hydrogens is 172 g/mol. The van der Waals surface area contributed by atoms with Gasteiger partial charge in [0.1, 0.15) is 0 Å². The summed E-state index contributed by atoms with van der Waals surface area (Å²) in [6, 6.07) is 10.3. The molecule has 0 aliphatic carbocycles. The smallest absolute Gasteiger partial charge is 0.0766 e. The van der Waals surface area contributed by atoms with Crippen molar-refractivity contribution < 1.29 is 0 Å². The van der Waals surface area contributed by atoms with Gasteiger partial charge in [0.05, 0.1) is 11.5 Å². The van der Waals surface area contributed by atoms with Gasteiger partial charge in [0.2, 0.25) is 0 Å². The summed E-state index contributed by atoms with van der Waals surface area (Å²) in [7, 11) is 0. The fraction of sp³-hybridized carbons (Fsp3) is 0.417. The predicted molar refractivity (Wildman–Crippen MR) is 59.2 cm³/mol. The molecule has 0 bridgehead atoms. The number of benzene rings is 1. The van der Waals surface area contributed by atoms with Crippen LogP contribution in [0.1, 0.15) is 26.3 Å². The van der Waals surface area contributed by atoms with Crippen LogP contribution in [0.15, 0.2) is 24.3 Å². The van der Waals surface area contributed by atoms with Gasteiger partial charge in [-0.1, -0.05) is 12.1 Å². The Morgan fingerprint density at radius 3 is 2.29 bits per heavy atom. The molecule has 1 aromatic carbocycles. The molecule has 0 radical (unpaired) electrons. The zero-order valence-corrected chi connectivity index (χ0v) is 8.96. The van der Waals surface area contributed by atoms with Gasteiger partial charge in [-0.15, -0.1) is 0 Å². The lowest BCUT2D eigenvalue weighted by Gasteiger charge is -2.16. The summed E-state index contributed by atoms with van der Waals surface area (Å²) in [6.45, 7) is 6.83.